The maximum absolute atomic E-state index is 10.9. The Hall–Kier alpha value is -2.06. The molecule has 0 heterocycles. The Bertz CT molecular complexity index is 738. The monoisotopic (exact) mass is 400 g/mol. The molecule has 6 nitrogen and oxygen atoms in total. The molecule has 0 aliphatic heterocycles. The predicted octanol–water partition coefficient (Wildman–Crippen LogP) is 1.82. The highest BCUT2D eigenvalue weighted by Gasteiger charge is 2.51. The number of hydrogen-bond acceptors (Lipinski definition) is 6. The summed E-state index contributed by atoms with van der Waals surface area (Å²) in [5, 5.41) is 32.1. The van der Waals surface area contributed by atoms with E-state index in [2.05, 4.69) is 6.58 Å². The van der Waals surface area contributed by atoms with Crippen LogP contribution >= 0.6 is 0 Å². The van der Waals surface area contributed by atoms with Gasteiger partial charge in [-0.1, -0.05) is 66.7 Å². The highest BCUT2D eigenvalue weighted by molar-refractivity contribution is 5.15. The molecular formula is C23H28O6. The van der Waals surface area contributed by atoms with E-state index in [-0.39, 0.29) is 19.8 Å². The van der Waals surface area contributed by atoms with E-state index in [9.17, 15) is 15.3 Å². The maximum Gasteiger partial charge on any atom is 0.115 e. The third-order valence-electron chi connectivity index (χ3n) is 5.00. The molecule has 6 atom stereocenters. The lowest BCUT2D eigenvalue weighted by atomic mass is 9.84. The number of rotatable bonds is 9. The summed E-state index contributed by atoms with van der Waals surface area (Å²) < 4.78 is 17.3. The Labute approximate surface area is 171 Å². The number of aliphatic hydroxyl groups is 3. The summed E-state index contributed by atoms with van der Waals surface area (Å²) in [5.74, 6) is 0. The largest absolute Gasteiger partial charge is 0.387 e. The average Bonchev–Trinajstić information content (AvgIpc) is 2.76. The van der Waals surface area contributed by atoms with Gasteiger partial charge in [0.25, 0.3) is 0 Å². The Morgan fingerprint density at radius 1 is 0.655 bits per heavy atom. The molecule has 156 valence electrons. The molecule has 3 rings (SSSR count). The molecule has 0 unspecified atom stereocenters. The fraction of sp³-hybridized carbons (Fsp3) is 0.391. The smallest absolute Gasteiger partial charge is 0.115 e. The zero-order valence-corrected chi connectivity index (χ0v) is 16.2. The Balaban J connectivity index is 1.73. The van der Waals surface area contributed by atoms with Crippen molar-refractivity contribution < 1.29 is 29.5 Å². The fourth-order valence-corrected chi connectivity index (χ4v) is 3.46. The highest BCUT2D eigenvalue weighted by Crippen LogP contribution is 2.29. The first-order valence-corrected chi connectivity index (χ1v) is 9.69. The van der Waals surface area contributed by atoms with Crippen LogP contribution in [0.25, 0.3) is 0 Å². The number of hydrogen-bond donors (Lipinski definition) is 3. The molecule has 3 N–H and O–H groups in total. The second-order valence-corrected chi connectivity index (χ2v) is 7.08. The Morgan fingerprint density at radius 2 is 1.10 bits per heavy atom. The lowest BCUT2D eigenvalue weighted by Crippen LogP contribution is -2.65. The van der Waals surface area contributed by atoms with Gasteiger partial charge < -0.3 is 29.5 Å². The molecule has 1 aliphatic rings. The van der Waals surface area contributed by atoms with Crippen molar-refractivity contribution in [1.29, 1.82) is 0 Å². The van der Waals surface area contributed by atoms with Crippen LogP contribution in [0.2, 0.25) is 0 Å². The summed E-state index contributed by atoms with van der Waals surface area (Å²) in [5.41, 5.74) is 1.82. The molecule has 1 aliphatic carbocycles. The first kappa shape index (κ1) is 21.6. The second-order valence-electron chi connectivity index (χ2n) is 7.08. The molecule has 1 saturated carbocycles. The molecule has 1 fully saturated rings. The third kappa shape index (κ3) is 5.51. The normalized spacial score (nSPS) is 29.5. The van der Waals surface area contributed by atoms with Crippen molar-refractivity contribution in [1.82, 2.24) is 0 Å². The van der Waals surface area contributed by atoms with Gasteiger partial charge in [0.15, 0.2) is 0 Å². The van der Waals surface area contributed by atoms with Crippen LogP contribution in [-0.4, -0.2) is 58.6 Å². The van der Waals surface area contributed by atoms with Crippen LogP contribution in [0.5, 0.6) is 0 Å². The SMILES string of the molecule is C=CCO[C@@H]1[C@H](O)[C@@H](O)[C@H](OCc2ccccc2)[C@@H](O)[C@H]1OCc1ccccc1. The van der Waals surface area contributed by atoms with E-state index in [1.807, 2.05) is 60.7 Å². The minimum Gasteiger partial charge on any atom is -0.387 e. The van der Waals surface area contributed by atoms with Gasteiger partial charge in [0.1, 0.15) is 36.6 Å². The van der Waals surface area contributed by atoms with E-state index in [0.717, 1.165) is 11.1 Å². The van der Waals surface area contributed by atoms with Gasteiger partial charge >= 0.3 is 0 Å². The zero-order chi connectivity index (χ0) is 20.6. The van der Waals surface area contributed by atoms with E-state index in [1.54, 1.807) is 0 Å². The molecule has 0 saturated heterocycles. The van der Waals surface area contributed by atoms with Gasteiger partial charge in [-0.3, -0.25) is 0 Å². The average molecular weight is 400 g/mol. The van der Waals surface area contributed by atoms with Gasteiger partial charge in [0.2, 0.25) is 0 Å². The molecule has 29 heavy (non-hydrogen) atoms. The molecular weight excluding hydrogens is 372 g/mol. The Kier molecular flexibility index (Phi) is 7.94. The predicted molar refractivity (Wildman–Crippen MR) is 108 cm³/mol. The van der Waals surface area contributed by atoms with Crippen molar-refractivity contribution in [3.05, 3.63) is 84.4 Å². The number of aliphatic hydroxyl groups excluding tert-OH is 3. The van der Waals surface area contributed by atoms with Crippen LogP contribution in [0.3, 0.4) is 0 Å². The van der Waals surface area contributed by atoms with Crippen LogP contribution in [0.1, 0.15) is 11.1 Å². The van der Waals surface area contributed by atoms with Gasteiger partial charge in [-0.2, -0.15) is 0 Å². The summed E-state index contributed by atoms with van der Waals surface area (Å²) in [6.07, 6.45) is -5.06. The highest BCUT2D eigenvalue weighted by atomic mass is 16.6. The van der Waals surface area contributed by atoms with Crippen molar-refractivity contribution in [2.75, 3.05) is 6.61 Å². The van der Waals surface area contributed by atoms with E-state index < -0.39 is 36.6 Å². The first-order chi connectivity index (χ1) is 14.1. The lowest BCUT2D eigenvalue weighted by molar-refractivity contribution is -0.258. The minimum atomic E-state index is -1.32. The summed E-state index contributed by atoms with van der Waals surface area (Å²) >= 11 is 0. The molecule has 6 heteroatoms. The number of ether oxygens (including phenoxy) is 3. The van der Waals surface area contributed by atoms with Crippen LogP contribution in [-0.2, 0) is 27.4 Å². The third-order valence-corrected chi connectivity index (χ3v) is 5.00. The van der Waals surface area contributed by atoms with Crippen molar-refractivity contribution in [2.24, 2.45) is 0 Å². The quantitative estimate of drug-likeness (QED) is 0.557. The van der Waals surface area contributed by atoms with Crippen molar-refractivity contribution in [3.63, 3.8) is 0 Å². The molecule has 0 aromatic heterocycles. The molecule has 0 radical (unpaired) electrons. The van der Waals surface area contributed by atoms with Crippen LogP contribution in [0.15, 0.2) is 73.3 Å². The first-order valence-electron chi connectivity index (χ1n) is 9.69. The molecule has 0 bridgehead atoms. The number of benzene rings is 2. The summed E-state index contributed by atoms with van der Waals surface area (Å²) in [4.78, 5) is 0. The Morgan fingerprint density at radius 3 is 1.62 bits per heavy atom. The summed E-state index contributed by atoms with van der Waals surface area (Å²) in [6, 6.07) is 18.9. The zero-order valence-electron chi connectivity index (χ0n) is 16.2. The van der Waals surface area contributed by atoms with Gasteiger partial charge in [0.05, 0.1) is 19.8 Å². The van der Waals surface area contributed by atoms with Crippen molar-refractivity contribution >= 4 is 0 Å². The summed E-state index contributed by atoms with van der Waals surface area (Å²) in [7, 11) is 0. The topological polar surface area (TPSA) is 88.4 Å². The van der Waals surface area contributed by atoms with Gasteiger partial charge in [-0.05, 0) is 11.1 Å². The van der Waals surface area contributed by atoms with Gasteiger partial charge in [-0.15, -0.1) is 6.58 Å². The maximum atomic E-state index is 10.9. The van der Waals surface area contributed by atoms with Crippen LogP contribution in [0, 0.1) is 0 Å². The molecule has 2 aromatic rings. The van der Waals surface area contributed by atoms with Crippen molar-refractivity contribution in [2.45, 2.75) is 49.8 Å². The van der Waals surface area contributed by atoms with E-state index >= 15 is 0 Å². The fourth-order valence-electron chi connectivity index (χ4n) is 3.46. The second kappa shape index (κ2) is 10.6. The van der Waals surface area contributed by atoms with Gasteiger partial charge in [-0.25, -0.2) is 0 Å². The molecule has 0 amide bonds. The molecule has 0 spiro atoms. The lowest BCUT2D eigenvalue weighted by Gasteiger charge is -2.45. The summed E-state index contributed by atoms with van der Waals surface area (Å²) in [6.45, 7) is 4.18. The van der Waals surface area contributed by atoms with Gasteiger partial charge in [0, 0.05) is 0 Å². The standard InChI is InChI=1S/C23H28O6/c1-2-13-27-22-19(25)18(24)21(28-14-16-9-5-3-6-10-16)20(26)23(22)29-15-17-11-7-4-8-12-17/h2-12,18-26H,1,13-15H2/t18-,19-,20-,21+,22-,23-/m1/s1. The van der Waals surface area contributed by atoms with E-state index in [0.29, 0.717) is 0 Å². The van der Waals surface area contributed by atoms with Crippen LogP contribution in [0.4, 0.5) is 0 Å². The van der Waals surface area contributed by atoms with E-state index in [1.165, 1.54) is 6.08 Å². The van der Waals surface area contributed by atoms with Crippen molar-refractivity contribution in [3.8, 4) is 0 Å². The van der Waals surface area contributed by atoms with E-state index in [4.69, 9.17) is 14.2 Å². The van der Waals surface area contributed by atoms with Crippen LogP contribution < -0.4 is 0 Å². The minimum absolute atomic E-state index is 0.155. The molecule has 2 aromatic carbocycles.